The van der Waals surface area contributed by atoms with Crippen molar-refractivity contribution in [3.8, 4) is 0 Å². The molecule has 1 fully saturated rings. The highest BCUT2D eigenvalue weighted by Crippen LogP contribution is 2.33. The second-order valence-corrected chi connectivity index (χ2v) is 8.20. The second-order valence-electron chi connectivity index (χ2n) is 7.79. The predicted molar refractivity (Wildman–Crippen MR) is 128 cm³/mol. The van der Waals surface area contributed by atoms with Crippen LogP contribution >= 0.6 is 11.6 Å². The van der Waals surface area contributed by atoms with Crippen LogP contribution in [0.4, 0.5) is 23.0 Å². The molecule has 1 N–H and O–H groups in total. The van der Waals surface area contributed by atoms with Crippen molar-refractivity contribution in [2.45, 2.75) is 20.4 Å². The van der Waals surface area contributed by atoms with Crippen LogP contribution in [0.15, 0.2) is 48.8 Å². The molecule has 4 rings (SSSR count). The highest BCUT2D eigenvalue weighted by molar-refractivity contribution is 6.31. The van der Waals surface area contributed by atoms with Crippen LogP contribution in [0.1, 0.15) is 16.7 Å². The Bertz CT molecular complexity index is 1130. The number of nitro groups is 1. The molecule has 0 amide bonds. The summed E-state index contributed by atoms with van der Waals surface area (Å²) in [5.41, 5.74) is 4.46. The van der Waals surface area contributed by atoms with Crippen LogP contribution < -0.4 is 15.1 Å². The van der Waals surface area contributed by atoms with Crippen LogP contribution in [-0.2, 0) is 6.54 Å². The summed E-state index contributed by atoms with van der Waals surface area (Å²) in [6, 6.07) is 13.7. The van der Waals surface area contributed by atoms with Gasteiger partial charge in [0.05, 0.1) is 4.92 Å². The lowest BCUT2D eigenvalue weighted by Gasteiger charge is -2.37. The fraction of sp³-hybridized carbons (Fsp3) is 0.304. The molecule has 1 aliphatic heterocycles. The van der Waals surface area contributed by atoms with E-state index in [-0.39, 0.29) is 11.5 Å². The third-order valence-corrected chi connectivity index (χ3v) is 6.25. The number of benzene rings is 2. The van der Waals surface area contributed by atoms with Crippen LogP contribution in [0.5, 0.6) is 0 Å². The summed E-state index contributed by atoms with van der Waals surface area (Å²) < 4.78 is 0. The van der Waals surface area contributed by atoms with Crippen LogP contribution in [0.2, 0.25) is 5.02 Å². The number of aromatic nitrogens is 2. The van der Waals surface area contributed by atoms with Crippen molar-refractivity contribution in [2.24, 2.45) is 0 Å². The molecule has 8 nitrogen and oxygen atoms in total. The van der Waals surface area contributed by atoms with Gasteiger partial charge >= 0.3 is 5.69 Å². The lowest BCUT2D eigenvalue weighted by atomic mass is 10.1. The Balaban J connectivity index is 1.53. The van der Waals surface area contributed by atoms with Gasteiger partial charge < -0.3 is 15.1 Å². The quantitative estimate of drug-likeness (QED) is 0.432. The fourth-order valence-corrected chi connectivity index (χ4v) is 4.16. The smallest absolute Gasteiger partial charge is 0.353 e. The predicted octanol–water partition coefficient (Wildman–Crippen LogP) is 4.59. The third-order valence-electron chi connectivity index (χ3n) is 5.89. The van der Waals surface area contributed by atoms with Gasteiger partial charge in [0, 0.05) is 43.4 Å². The molecule has 1 aromatic heterocycles. The molecule has 9 heteroatoms. The highest BCUT2D eigenvalue weighted by Gasteiger charge is 2.29. The first-order chi connectivity index (χ1) is 15.5. The van der Waals surface area contributed by atoms with Crippen molar-refractivity contribution in [3.63, 3.8) is 0 Å². The standard InChI is InChI=1S/C23H25ClN6O2/c1-16-6-5-9-20(17(16)2)28-10-12-29(13-11-28)23-21(30(31)32)22(26-15-27-23)25-14-18-7-3-4-8-19(18)24/h3-9,15H,10-14H2,1-2H3,(H,25,26,27). The monoisotopic (exact) mass is 452 g/mol. The Kier molecular flexibility index (Phi) is 6.41. The van der Waals surface area contributed by atoms with E-state index < -0.39 is 4.92 Å². The minimum absolute atomic E-state index is 0.111. The van der Waals surface area contributed by atoms with E-state index in [1.165, 1.54) is 23.1 Å². The molecule has 2 aromatic carbocycles. The van der Waals surface area contributed by atoms with E-state index >= 15 is 0 Å². The maximum Gasteiger partial charge on any atom is 0.353 e. The van der Waals surface area contributed by atoms with Crippen LogP contribution in [0, 0.1) is 24.0 Å². The lowest BCUT2D eigenvalue weighted by Crippen LogP contribution is -2.47. The van der Waals surface area contributed by atoms with Gasteiger partial charge in [-0.2, -0.15) is 0 Å². The summed E-state index contributed by atoms with van der Waals surface area (Å²) >= 11 is 6.21. The summed E-state index contributed by atoms with van der Waals surface area (Å²) in [6.07, 6.45) is 1.37. The van der Waals surface area contributed by atoms with Crippen molar-refractivity contribution in [2.75, 3.05) is 41.3 Å². The molecule has 1 saturated heterocycles. The van der Waals surface area contributed by atoms with E-state index in [0.29, 0.717) is 30.5 Å². The number of aryl methyl sites for hydroxylation is 1. The van der Waals surface area contributed by atoms with E-state index in [4.69, 9.17) is 11.6 Å². The third kappa shape index (κ3) is 4.45. The number of rotatable bonds is 6. The maximum atomic E-state index is 12.0. The number of hydrogen-bond donors (Lipinski definition) is 1. The molecule has 166 valence electrons. The first kappa shape index (κ1) is 21.8. The molecule has 0 atom stereocenters. The van der Waals surface area contributed by atoms with E-state index in [9.17, 15) is 10.1 Å². The normalized spacial score (nSPS) is 13.8. The fourth-order valence-electron chi connectivity index (χ4n) is 3.96. The minimum atomic E-state index is -0.415. The van der Waals surface area contributed by atoms with Gasteiger partial charge in [0.2, 0.25) is 11.6 Å². The number of piperazine rings is 1. The Morgan fingerprint density at radius 1 is 1.03 bits per heavy atom. The number of hydrogen-bond acceptors (Lipinski definition) is 7. The van der Waals surface area contributed by atoms with Gasteiger partial charge in [-0.05, 0) is 42.7 Å². The average molecular weight is 453 g/mol. The molecule has 1 aliphatic rings. The van der Waals surface area contributed by atoms with E-state index in [1.807, 2.05) is 23.1 Å². The van der Waals surface area contributed by atoms with Crippen molar-refractivity contribution in [3.05, 3.63) is 80.6 Å². The zero-order valence-corrected chi connectivity index (χ0v) is 18.8. The Labute approximate surface area is 192 Å². The second kappa shape index (κ2) is 9.40. The van der Waals surface area contributed by atoms with Gasteiger partial charge in [-0.3, -0.25) is 10.1 Å². The SMILES string of the molecule is Cc1cccc(N2CCN(c3ncnc(NCc4ccccc4Cl)c3[N+](=O)[O-])CC2)c1C. The number of nitrogens with one attached hydrogen (secondary N) is 1. The lowest BCUT2D eigenvalue weighted by molar-refractivity contribution is -0.383. The minimum Gasteiger partial charge on any atom is -0.368 e. The number of anilines is 3. The summed E-state index contributed by atoms with van der Waals surface area (Å²) in [5, 5.41) is 15.6. The molecule has 0 aliphatic carbocycles. The van der Waals surface area contributed by atoms with Gasteiger partial charge in [0.1, 0.15) is 6.33 Å². The molecule has 0 bridgehead atoms. The van der Waals surface area contributed by atoms with Crippen LogP contribution in [-0.4, -0.2) is 41.1 Å². The summed E-state index contributed by atoms with van der Waals surface area (Å²) in [5.74, 6) is 0.532. The van der Waals surface area contributed by atoms with E-state index in [2.05, 4.69) is 52.2 Å². The summed E-state index contributed by atoms with van der Waals surface area (Å²) in [4.78, 5) is 24.2. The molecular formula is C23H25ClN6O2. The molecular weight excluding hydrogens is 428 g/mol. The first-order valence-electron chi connectivity index (χ1n) is 10.5. The maximum absolute atomic E-state index is 12.0. The Morgan fingerprint density at radius 3 is 2.47 bits per heavy atom. The van der Waals surface area contributed by atoms with Gasteiger partial charge in [-0.15, -0.1) is 0 Å². The van der Waals surface area contributed by atoms with Crippen LogP contribution in [0.25, 0.3) is 0 Å². The summed E-state index contributed by atoms with van der Waals surface area (Å²) in [6.45, 7) is 7.35. The van der Waals surface area contributed by atoms with Gasteiger partial charge in [0.25, 0.3) is 0 Å². The highest BCUT2D eigenvalue weighted by atomic mass is 35.5. The van der Waals surface area contributed by atoms with E-state index in [0.717, 1.165) is 18.7 Å². The molecule has 0 saturated carbocycles. The van der Waals surface area contributed by atoms with E-state index in [1.54, 1.807) is 6.07 Å². The van der Waals surface area contributed by atoms with Gasteiger partial charge in [-0.1, -0.05) is 41.9 Å². The molecule has 0 radical (unpaired) electrons. The van der Waals surface area contributed by atoms with Crippen molar-refractivity contribution in [1.82, 2.24) is 9.97 Å². The van der Waals surface area contributed by atoms with Gasteiger partial charge in [0.15, 0.2) is 0 Å². The zero-order valence-electron chi connectivity index (χ0n) is 18.1. The Morgan fingerprint density at radius 2 is 1.75 bits per heavy atom. The molecule has 32 heavy (non-hydrogen) atoms. The van der Waals surface area contributed by atoms with Crippen molar-refractivity contribution < 1.29 is 4.92 Å². The zero-order chi connectivity index (χ0) is 22.7. The van der Waals surface area contributed by atoms with Crippen molar-refractivity contribution >= 4 is 34.6 Å². The molecule has 0 spiro atoms. The summed E-state index contributed by atoms with van der Waals surface area (Å²) in [7, 11) is 0. The van der Waals surface area contributed by atoms with Gasteiger partial charge in [-0.25, -0.2) is 9.97 Å². The largest absolute Gasteiger partial charge is 0.368 e. The Hall–Kier alpha value is -3.39. The topological polar surface area (TPSA) is 87.4 Å². The average Bonchev–Trinajstić information content (AvgIpc) is 2.80. The molecule has 0 unspecified atom stereocenters. The molecule has 2 heterocycles. The number of nitrogens with zero attached hydrogens (tertiary/aromatic N) is 5. The molecule has 3 aromatic rings. The first-order valence-corrected chi connectivity index (χ1v) is 10.9. The number of halogens is 1. The van der Waals surface area contributed by atoms with Crippen molar-refractivity contribution in [1.29, 1.82) is 0 Å². The van der Waals surface area contributed by atoms with Crippen LogP contribution in [0.3, 0.4) is 0 Å².